The summed E-state index contributed by atoms with van der Waals surface area (Å²) in [5.74, 6) is 0.0209. The van der Waals surface area contributed by atoms with E-state index in [1.807, 2.05) is 37.4 Å². The number of ketones is 1. The Kier molecular flexibility index (Phi) is 8.65. The first kappa shape index (κ1) is 31.9. The van der Waals surface area contributed by atoms with Crippen molar-refractivity contribution in [2.75, 3.05) is 5.75 Å². The average molecular weight is 699 g/mol. The van der Waals surface area contributed by atoms with Crippen LogP contribution in [0, 0.1) is 34.0 Å². The van der Waals surface area contributed by atoms with Crippen LogP contribution in [0.15, 0.2) is 64.2 Å². The highest BCUT2D eigenvalue weighted by Crippen LogP contribution is 2.68. The van der Waals surface area contributed by atoms with Gasteiger partial charge in [-0.1, -0.05) is 73.6 Å². The molecule has 9 heteroatoms. The minimum Gasteiger partial charge on any atom is -0.461 e. The number of nitrogens with zero attached hydrogens (tertiary/aromatic N) is 2. The van der Waals surface area contributed by atoms with Crippen molar-refractivity contribution in [3.63, 3.8) is 0 Å². The number of rotatable bonds is 7. The monoisotopic (exact) mass is 697 g/mol. The van der Waals surface area contributed by atoms with Crippen LogP contribution in [0.2, 0.25) is 0 Å². The molecule has 3 fully saturated rings. The van der Waals surface area contributed by atoms with Gasteiger partial charge >= 0.3 is 5.97 Å². The van der Waals surface area contributed by atoms with Gasteiger partial charge < -0.3 is 9.84 Å². The van der Waals surface area contributed by atoms with E-state index < -0.39 is 23.0 Å². The predicted octanol–water partition coefficient (Wildman–Crippen LogP) is 7.39. The summed E-state index contributed by atoms with van der Waals surface area (Å²) in [6, 6.07) is 10.3. The number of carbonyl (C=O) groups is 2. The molecule has 3 aliphatic rings. The van der Waals surface area contributed by atoms with Crippen molar-refractivity contribution in [3.05, 3.63) is 65.4 Å². The molecule has 3 aliphatic carbocycles. The van der Waals surface area contributed by atoms with Crippen LogP contribution in [-0.2, 0) is 20.9 Å². The summed E-state index contributed by atoms with van der Waals surface area (Å²) in [6.07, 6.45) is 8.44. The van der Waals surface area contributed by atoms with Crippen LogP contribution in [0.4, 0.5) is 0 Å². The number of halogens is 1. The zero-order chi connectivity index (χ0) is 31.4. The van der Waals surface area contributed by atoms with Gasteiger partial charge in [-0.2, -0.15) is 4.57 Å². The number of thioether (sulfide) groups is 1. The Balaban J connectivity index is 1.21. The van der Waals surface area contributed by atoms with E-state index in [-0.39, 0.29) is 40.7 Å². The molecule has 0 amide bonds. The molecule has 2 heterocycles. The SMILES string of the molecule is C=C[C@]1(C)C[C@@H](OC(=O)CSc2nc3cc[n+](Cc4ccc(Br)cc4)cc3s2)[C@]2(C)[C@H](C)CC[C@]3(CCC(=O)[C@H]32)[C@@H](C)[C@@H]1O. The second-order valence-electron chi connectivity index (χ2n) is 13.8. The Bertz CT molecular complexity index is 1590. The Morgan fingerprint density at radius 1 is 1.25 bits per heavy atom. The molecule has 6 nitrogen and oxygen atoms in total. The third kappa shape index (κ3) is 5.39. The number of pyridine rings is 1. The molecule has 1 aromatic carbocycles. The van der Waals surface area contributed by atoms with Gasteiger partial charge in [0, 0.05) is 39.3 Å². The van der Waals surface area contributed by atoms with Gasteiger partial charge in [-0.05, 0) is 55.1 Å². The zero-order valence-electron chi connectivity index (χ0n) is 25.9. The lowest BCUT2D eigenvalue weighted by Crippen LogP contribution is -2.63. The number of carbonyl (C=O) groups excluding carboxylic acids is 2. The van der Waals surface area contributed by atoms with Crippen LogP contribution in [0.1, 0.15) is 65.4 Å². The first-order valence-corrected chi connectivity index (χ1v) is 18.2. The van der Waals surface area contributed by atoms with Crippen molar-refractivity contribution in [2.45, 2.75) is 82.9 Å². The molecule has 1 N–H and O–H groups in total. The predicted molar refractivity (Wildman–Crippen MR) is 178 cm³/mol. The van der Waals surface area contributed by atoms with E-state index in [0.717, 1.165) is 44.8 Å². The van der Waals surface area contributed by atoms with Crippen LogP contribution >= 0.6 is 39.0 Å². The van der Waals surface area contributed by atoms with E-state index in [9.17, 15) is 14.7 Å². The van der Waals surface area contributed by atoms with E-state index in [1.54, 1.807) is 11.3 Å². The van der Waals surface area contributed by atoms with Gasteiger partial charge in [-0.3, -0.25) is 9.59 Å². The van der Waals surface area contributed by atoms with Crippen LogP contribution in [0.3, 0.4) is 0 Å². The second kappa shape index (κ2) is 11.9. The Hall–Kier alpha value is -2.07. The molecular weight excluding hydrogens is 656 g/mol. The number of esters is 1. The quantitative estimate of drug-likeness (QED) is 0.120. The maximum Gasteiger partial charge on any atom is 0.316 e. The van der Waals surface area contributed by atoms with Gasteiger partial charge in [0.2, 0.25) is 0 Å². The minimum absolute atomic E-state index is 0.0476. The number of aliphatic hydroxyl groups excluding tert-OH is 1. The van der Waals surface area contributed by atoms with E-state index in [4.69, 9.17) is 9.72 Å². The molecule has 0 aliphatic heterocycles. The van der Waals surface area contributed by atoms with Gasteiger partial charge in [0.25, 0.3) is 0 Å². The molecule has 2 aromatic heterocycles. The molecule has 0 saturated heterocycles. The third-order valence-electron chi connectivity index (χ3n) is 11.5. The Morgan fingerprint density at radius 2 is 2.00 bits per heavy atom. The number of aliphatic hydroxyl groups is 1. The van der Waals surface area contributed by atoms with Crippen molar-refractivity contribution in [1.29, 1.82) is 0 Å². The molecule has 0 unspecified atom stereocenters. The smallest absolute Gasteiger partial charge is 0.316 e. The number of fused-ring (bicyclic) bond motifs is 1. The van der Waals surface area contributed by atoms with Crippen molar-refractivity contribution in [2.24, 2.45) is 34.0 Å². The fraction of sp³-hybridized carbons (Fsp3) is 0.543. The first-order chi connectivity index (χ1) is 20.9. The topological polar surface area (TPSA) is 80.4 Å². The number of Topliss-reactive ketones (excluding diaryl/α,β-unsaturated/α-hetero) is 1. The summed E-state index contributed by atoms with van der Waals surface area (Å²) >= 11 is 6.46. The van der Waals surface area contributed by atoms with Crippen molar-refractivity contribution < 1.29 is 24.0 Å². The van der Waals surface area contributed by atoms with E-state index in [0.29, 0.717) is 12.8 Å². The number of ether oxygens (including phenoxy) is 1. The molecule has 44 heavy (non-hydrogen) atoms. The van der Waals surface area contributed by atoms with Crippen molar-refractivity contribution in [3.8, 4) is 0 Å². The van der Waals surface area contributed by atoms with Crippen molar-refractivity contribution in [1.82, 2.24) is 4.98 Å². The van der Waals surface area contributed by atoms with Crippen LogP contribution < -0.4 is 4.57 Å². The van der Waals surface area contributed by atoms with Crippen molar-refractivity contribution >= 4 is 61.0 Å². The highest BCUT2D eigenvalue weighted by Gasteiger charge is 2.68. The lowest BCUT2D eigenvalue weighted by Gasteiger charge is -2.61. The average Bonchev–Trinajstić information content (AvgIpc) is 3.58. The largest absolute Gasteiger partial charge is 0.461 e. The molecule has 6 rings (SSSR count). The Labute approximate surface area is 276 Å². The number of benzene rings is 1. The minimum atomic E-state index is -0.670. The molecule has 3 saturated carbocycles. The summed E-state index contributed by atoms with van der Waals surface area (Å²) in [4.78, 5) is 32.0. The highest BCUT2D eigenvalue weighted by molar-refractivity contribution is 9.10. The number of thiazole rings is 1. The summed E-state index contributed by atoms with van der Waals surface area (Å²) in [5, 5.41) is 11.7. The molecule has 0 spiro atoms. The lowest BCUT2D eigenvalue weighted by atomic mass is 9.44. The maximum atomic E-state index is 13.6. The molecule has 0 radical (unpaired) electrons. The number of hydrogen-bond acceptors (Lipinski definition) is 7. The summed E-state index contributed by atoms with van der Waals surface area (Å²) in [5.41, 5.74) is 0.682. The first-order valence-electron chi connectivity index (χ1n) is 15.6. The van der Waals surface area contributed by atoms with E-state index >= 15 is 0 Å². The summed E-state index contributed by atoms with van der Waals surface area (Å²) < 4.78 is 11.5. The summed E-state index contributed by atoms with van der Waals surface area (Å²) in [7, 11) is 0. The molecular formula is C35H42BrN2O4S2+. The van der Waals surface area contributed by atoms with Crippen LogP contribution in [0.25, 0.3) is 10.2 Å². The number of aromatic nitrogens is 2. The second-order valence-corrected chi connectivity index (χ2v) is 17.0. The fourth-order valence-electron chi connectivity index (χ4n) is 8.67. The van der Waals surface area contributed by atoms with Gasteiger partial charge in [0.1, 0.15) is 16.6 Å². The molecule has 8 atom stereocenters. The highest BCUT2D eigenvalue weighted by atomic mass is 79.9. The van der Waals surface area contributed by atoms with E-state index in [1.165, 1.54) is 17.3 Å². The van der Waals surface area contributed by atoms with Crippen LogP contribution in [0.5, 0.6) is 0 Å². The molecule has 234 valence electrons. The van der Waals surface area contributed by atoms with Gasteiger partial charge in [0.15, 0.2) is 23.3 Å². The van der Waals surface area contributed by atoms with Gasteiger partial charge in [-0.25, -0.2) is 4.98 Å². The normalized spacial score (nSPS) is 35.1. The summed E-state index contributed by atoms with van der Waals surface area (Å²) in [6.45, 7) is 13.4. The maximum absolute atomic E-state index is 13.6. The third-order valence-corrected chi connectivity index (χ3v) is 14.2. The lowest BCUT2D eigenvalue weighted by molar-refractivity contribution is -0.687. The van der Waals surface area contributed by atoms with Gasteiger partial charge in [-0.15, -0.1) is 17.9 Å². The zero-order valence-corrected chi connectivity index (χ0v) is 29.1. The molecule has 2 bridgehead atoms. The van der Waals surface area contributed by atoms with E-state index in [2.05, 4.69) is 66.2 Å². The Morgan fingerprint density at radius 3 is 2.73 bits per heavy atom. The van der Waals surface area contributed by atoms with Crippen LogP contribution in [-0.4, -0.2) is 39.8 Å². The molecule has 3 aromatic rings. The van der Waals surface area contributed by atoms with Gasteiger partial charge in [0.05, 0.1) is 17.4 Å². The standard InChI is InChI=1S/C35H42BrN2O4S2/c1-6-33(4)17-28(34(5)21(2)11-14-35(22(3)31(33)41)15-12-26(39)30(34)35)42-29(40)20-43-32-37-25-13-16-38(19-27(25)44-32)18-23-7-9-24(36)10-8-23/h6-10,13,16,19,21-22,28,30-31,41H,1,11-12,14-15,17-18,20H2,2-5H3/q+1/t21-,22+,28-,30+,31+,33-,34+,35+/m1/s1. The fourth-order valence-corrected chi connectivity index (χ4v) is 10.8. The number of hydrogen-bond donors (Lipinski definition) is 1.